The van der Waals surface area contributed by atoms with Crippen LogP contribution in [0.5, 0.6) is 0 Å². The summed E-state index contributed by atoms with van der Waals surface area (Å²) in [7, 11) is 0. The van der Waals surface area contributed by atoms with Crippen LogP contribution in [0.15, 0.2) is 6.07 Å². The van der Waals surface area contributed by atoms with Gasteiger partial charge in [-0.15, -0.1) is 11.3 Å². The molecule has 0 aliphatic heterocycles. The summed E-state index contributed by atoms with van der Waals surface area (Å²) < 4.78 is 0. The molecule has 0 spiro atoms. The van der Waals surface area contributed by atoms with E-state index in [2.05, 4.69) is 6.92 Å². The average Bonchev–Trinajstić information content (AvgIpc) is 3.17. The average molecular weight is 436 g/mol. The second-order valence-corrected chi connectivity index (χ2v) is 10.5. The molecule has 2 aliphatic rings. The van der Waals surface area contributed by atoms with Gasteiger partial charge in [-0.25, -0.2) is 4.79 Å². The van der Waals surface area contributed by atoms with Crippen molar-refractivity contribution < 1.29 is 19.8 Å². The third-order valence-corrected chi connectivity index (χ3v) is 8.13. The van der Waals surface area contributed by atoms with E-state index in [1.54, 1.807) is 11.8 Å². The first-order chi connectivity index (χ1) is 14.4. The highest BCUT2D eigenvalue weighted by Crippen LogP contribution is 2.42. The Morgan fingerprint density at radius 3 is 2.40 bits per heavy atom. The number of carboxylic acids is 1. The molecule has 1 atom stereocenters. The first-order valence-corrected chi connectivity index (χ1v) is 12.5. The molecule has 0 aromatic carbocycles. The third-order valence-electron chi connectivity index (χ3n) is 6.86. The van der Waals surface area contributed by atoms with Gasteiger partial charge >= 0.3 is 5.97 Å². The number of carbonyl (C=O) groups excluding carboxylic acids is 1. The lowest BCUT2D eigenvalue weighted by Gasteiger charge is -2.31. The molecular formula is C24H37NO4S. The Balaban J connectivity index is 1.87. The molecule has 1 amide bonds. The Morgan fingerprint density at radius 1 is 1.13 bits per heavy atom. The molecular weight excluding hydrogens is 398 g/mol. The molecule has 2 fully saturated rings. The maximum atomic E-state index is 13.5. The third kappa shape index (κ3) is 5.85. The Labute approximate surface area is 184 Å². The summed E-state index contributed by atoms with van der Waals surface area (Å²) in [5, 5.41) is 19.6. The van der Waals surface area contributed by atoms with Crippen molar-refractivity contribution in [3.05, 3.63) is 15.8 Å². The number of aliphatic hydroxyl groups is 1. The standard InChI is InChI=1S/C24H37NO4S/c1-16-10-12-19(13-11-16)23(27)25(14-6-7-17(2)26)20-15-21(30-22(20)24(28)29)18-8-4-3-5-9-18/h15-19,26H,3-14H2,1-2H3,(H,28,29). The summed E-state index contributed by atoms with van der Waals surface area (Å²) in [6.07, 6.45) is 10.6. The number of aliphatic hydroxyl groups excluding tert-OH is 1. The van der Waals surface area contributed by atoms with Crippen LogP contribution in [0.4, 0.5) is 5.69 Å². The Kier molecular flexibility index (Phi) is 8.35. The number of anilines is 1. The van der Waals surface area contributed by atoms with E-state index in [-0.39, 0.29) is 11.8 Å². The Hall–Kier alpha value is -1.40. The van der Waals surface area contributed by atoms with Crippen LogP contribution in [-0.2, 0) is 4.79 Å². The van der Waals surface area contributed by atoms with Gasteiger partial charge in [0, 0.05) is 17.3 Å². The lowest BCUT2D eigenvalue weighted by atomic mass is 9.82. The maximum Gasteiger partial charge on any atom is 0.348 e. The molecule has 0 radical (unpaired) electrons. The van der Waals surface area contributed by atoms with Gasteiger partial charge < -0.3 is 15.1 Å². The molecule has 2 saturated carbocycles. The number of hydrogen-bond acceptors (Lipinski definition) is 4. The summed E-state index contributed by atoms with van der Waals surface area (Å²) in [6, 6.07) is 2.00. The molecule has 30 heavy (non-hydrogen) atoms. The zero-order valence-corrected chi connectivity index (χ0v) is 19.3. The van der Waals surface area contributed by atoms with Crippen molar-refractivity contribution in [3.63, 3.8) is 0 Å². The normalized spacial score (nSPS) is 23.8. The minimum absolute atomic E-state index is 0.0209. The molecule has 6 heteroatoms. The van der Waals surface area contributed by atoms with Crippen molar-refractivity contribution in [1.82, 2.24) is 0 Å². The van der Waals surface area contributed by atoms with Gasteiger partial charge in [-0.1, -0.05) is 26.2 Å². The molecule has 0 saturated heterocycles. The predicted molar refractivity (Wildman–Crippen MR) is 121 cm³/mol. The molecule has 2 aliphatic carbocycles. The van der Waals surface area contributed by atoms with Gasteiger partial charge in [0.05, 0.1) is 11.8 Å². The molecule has 3 rings (SSSR count). The van der Waals surface area contributed by atoms with E-state index in [9.17, 15) is 19.8 Å². The van der Waals surface area contributed by atoms with Crippen LogP contribution in [-0.4, -0.2) is 34.7 Å². The van der Waals surface area contributed by atoms with Crippen molar-refractivity contribution in [2.75, 3.05) is 11.4 Å². The van der Waals surface area contributed by atoms with Crippen LogP contribution < -0.4 is 4.90 Å². The second kappa shape index (κ2) is 10.8. The van der Waals surface area contributed by atoms with Gasteiger partial charge in [0.15, 0.2) is 0 Å². The highest BCUT2D eigenvalue weighted by Gasteiger charge is 2.32. The van der Waals surface area contributed by atoms with E-state index in [1.165, 1.54) is 30.6 Å². The Morgan fingerprint density at radius 2 is 1.80 bits per heavy atom. The summed E-state index contributed by atoms with van der Waals surface area (Å²) in [4.78, 5) is 28.8. The van der Waals surface area contributed by atoms with Gasteiger partial charge in [0.1, 0.15) is 4.88 Å². The SMILES string of the molecule is CC(O)CCCN(C(=O)C1CCC(C)CC1)c1cc(C2CCCCC2)sc1C(=O)O. The molecule has 0 bridgehead atoms. The topological polar surface area (TPSA) is 77.8 Å². The maximum absolute atomic E-state index is 13.5. The summed E-state index contributed by atoms with van der Waals surface area (Å²) in [5.41, 5.74) is 0.585. The predicted octanol–water partition coefficient (Wildman–Crippen LogP) is 5.81. The van der Waals surface area contributed by atoms with E-state index >= 15 is 0 Å². The Bertz CT molecular complexity index is 715. The molecule has 1 aromatic rings. The fourth-order valence-electron chi connectivity index (χ4n) is 4.96. The van der Waals surface area contributed by atoms with Crippen molar-refractivity contribution in [1.29, 1.82) is 0 Å². The largest absolute Gasteiger partial charge is 0.477 e. The van der Waals surface area contributed by atoms with Crippen LogP contribution in [0.2, 0.25) is 0 Å². The van der Waals surface area contributed by atoms with Crippen LogP contribution in [0.1, 0.15) is 105 Å². The van der Waals surface area contributed by atoms with Crippen molar-refractivity contribution in [2.45, 2.75) is 96.5 Å². The van der Waals surface area contributed by atoms with Gasteiger partial charge in [-0.2, -0.15) is 0 Å². The van der Waals surface area contributed by atoms with E-state index < -0.39 is 12.1 Å². The number of rotatable bonds is 8. The van der Waals surface area contributed by atoms with Gasteiger partial charge in [0.25, 0.3) is 0 Å². The molecule has 1 unspecified atom stereocenters. The summed E-state index contributed by atoms with van der Waals surface area (Å²) in [6.45, 7) is 4.46. The van der Waals surface area contributed by atoms with Gasteiger partial charge in [0.2, 0.25) is 5.91 Å². The number of amides is 1. The van der Waals surface area contributed by atoms with Gasteiger partial charge in [-0.05, 0) is 76.2 Å². The molecule has 168 valence electrons. The summed E-state index contributed by atoms with van der Waals surface area (Å²) in [5.74, 6) is 0.185. The molecule has 2 N–H and O–H groups in total. The van der Waals surface area contributed by atoms with Crippen molar-refractivity contribution >= 4 is 28.9 Å². The summed E-state index contributed by atoms with van der Waals surface area (Å²) >= 11 is 1.36. The van der Waals surface area contributed by atoms with Crippen LogP contribution in [0.25, 0.3) is 0 Å². The van der Waals surface area contributed by atoms with E-state index in [4.69, 9.17) is 0 Å². The van der Waals surface area contributed by atoms with Crippen LogP contribution in [0.3, 0.4) is 0 Å². The smallest absolute Gasteiger partial charge is 0.348 e. The van der Waals surface area contributed by atoms with E-state index in [1.807, 2.05) is 6.07 Å². The van der Waals surface area contributed by atoms with Crippen molar-refractivity contribution in [3.8, 4) is 0 Å². The number of carboxylic acid groups (broad SMARTS) is 1. The van der Waals surface area contributed by atoms with Gasteiger partial charge in [-0.3, -0.25) is 4.79 Å². The lowest BCUT2D eigenvalue weighted by molar-refractivity contribution is -0.123. The molecule has 1 heterocycles. The second-order valence-electron chi connectivity index (χ2n) is 9.44. The van der Waals surface area contributed by atoms with Crippen LogP contribution >= 0.6 is 11.3 Å². The first kappa shape index (κ1) is 23.3. The van der Waals surface area contributed by atoms with Crippen LogP contribution in [0, 0.1) is 11.8 Å². The zero-order chi connectivity index (χ0) is 21.7. The fraction of sp³-hybridized carbons (Fsp3) is 0.750. The first-order valence-electron chi connectivity index (χ1n) is 11.7. The quantitative estimate of drug-likeness (QED) is 0.540. The highest BCUT2D eigenvalue weighted by atomic mass is 32.1. The number of carbonyl (C=O) groups is 2. The lowest BCUT2D eigenvalue weighted by Crippen LogP contribution is -2.39. The number of thiophene rings is 1. The zero-order valence-electron chi connectivity index (χ0n) is 18.4. The number of aromatic carboxylic acids is 1. The molecule has 1 aromatic heterocycles. The molecule has 5 nitrogen and oxygen atoms in total. The van der Waals surface area contributed by atoms with Crippen molar-refractivity contribution in [2.24, 2.45) is 11.8 Å². The minimum Gasteiger partial charge on any atom is -0.477 e. The monoisotopic (exact) mass is 435 g/mol. The minimum atomic E-state index is -0.942. The van der Waals surface area contributed by atoms with E-state index in [0.29, 0.717) is 41.8 Å². The fourth-order valence-corrected chi connectivity index (χ4v) is 6.13. The number of hydrogen-bond donors (Lipinski definition) is 2. The number of nitrogens with zero attached hydrogens (tertiary/aromatic N) is 1. The van der Waals surface area contributed by atoms with E-state index in [0.717, 1.165) is 43.4 Å². The highest BCUT2D eigenvalue weighted by molar-refractivity contribution is 7.14.